The molecule has 0 fully saturated rings. The number of hydrogen-bond acceptors (Lipinski definition) is 5. The summed E-state index contributed by atoms with van der Waals surface area (Å²) in [6.07, 6.45) is 0.572. The average Bonchev–Trinajstić information content (AvgIpc) is 2.90. The van der Waals surface area contributed by atoms with Crippen molar-refractivity contribution in [1.29, 1.82) is 0 Å². The highest BCUT2D eigenvalue weighted by atomic mass is 16.5. The predicted molar refractivity (Wildman–Crippen MR) is 92.4 cm³/mol. The van der Waals surface area contributed by atoms with Crippen LogP contribution in [0.5, 0.6) is 5.75 Å². The summed E-state index contributed by atoms with van der Waals surface area (Å²) >= 11 is 0. The van der Waals surface area contributed by atoms with Crippen molar-refractivity contribution in [2.24, 2.45) is 0 Å². The van der Waals surface area contributed by atoms with E-state index in [9.17, 15) is 4.79 Å². The van der Waals surface area contributed by atoms with E-state index in [1.165, 1.54) is 0 Å². The van der Waals surface area contributed by atoms with Crippen molar-refractivity contribution in [3.8, 4) is 5.75 Å². The highest BCUT2D eigenvalue weighted by Gasteiger charge is 2.19. The third-order valence-electron chi connectivity index (χ3n) is 3.80. The molecule has 0 saturated heterocycles. The summed E-state index contributed by atoms with van der Waals surface area (Å²) in [5.74, 6) is 1.13. The third-order valence-corrected chi connectivity index (χ3v) is 3.80. The van der Waals surface area contributed by atoms with Gasteiger partial charge in [0.15, 0.2) is 5.78 Å². The number of ether oxygens (including phenoxy) is 1. The number of rotatable bonds is 6. The molecule has 0 radical (unpaired) electrons. The van der Waals surface area contributed by atoms with Crippen molar-refractivity contribution in [3.63, 3.8) is 0 Å². The van der Waals surface area contributed by atoms with Gasteiger partial charge in [-0.2, -0.15) is 0 Å². The fourth-order valence-corrected chi connectivity index (χ4v) is 2.62. The van der Waals surface area contributed by atoms with Gasteiger partial charge in [-0.05, 0) is 49.4 Å². The molecule has 0 amide bonds. The van der Waals surface area contributed by atoms with Crippen LogP contribution in [-0.4, -0.2) is 24.1 Å². The number of anilines is 1. The number of aryl methyl sites for hydroxylation is 1. The number of aliphatic hydroxyl groups is 1. The van der Waals surface area contributed by atoms with Crippen LogP contribution in [0.25, 0.3) is 11.0 Å². The zero-order valence-corrected chi connectivity index (χ0v) is 13.4. The van der Waals surface area contributed by atoms with Gasteiger partial charge in [0.25, 0.3) is 0 Å². The van der Waals surface area contributed by atoms with Crippen LogP contribution in [0.3, 0.4) is 0 Å². The lowest BCUT2D eigenvalue weighted by Crippen LogP contribution is -2.03. The molecule has 1 heterocycles. The van der Waals surface area contributed by atoms with Crippen LogP contribution in [-0.2, 0) is 0 Å². The number of nitrogen functional groups attached to an aromatic ring is 1. The molecule has 2 aromatic carbocycles. The summed E-state index contributed by atoms with van der Waals surface area (Å²) in [5.41, 5.74) is 8.15. The van der Waals surface area contributed by atoms with Crippen LogP contribution < -0.4 is 10.5 Å². The molecule has 124 valence electrons. The third kappa shape index (κ3) is 3.12. The van der Waals surface area contributed by atoms with E-state index >= 15 is 0 Å². The number of furan rings is 1. The molecule has 0 atom stereocenters. The first-order chi connectivity index (χ1) is 11.6. The maximum absolute atomic E-state index is 12.9. The van der Waals surface area contributed by atoms with Crippen LogP contribution in [0, 0.1) is 6.92 Å². The molecule has 0 spiro atoms. The van der Waals surface area contributed by atoms with Gasteiger partial charge in [0.05, 0.1) is 12.2 Å². The van der Waals surface area contributed by atoms with Gasteiger partial charge in [0.2, 0.25) is 0 Å². The van der Waals surface area contributed by atoms with Gasteiger partial charge in [0.1, 0.15) is 17.1 Å². The van der Waals surface area contributed by atoms with Crippen molar-refractivity contribution in [1.82, 2.24) is 0 Å². The number of carbonyl (C=O) groups is 1. The number of fused-ring (bicyclic) bond motifs is 1. The van der Waals surface area contributed by atoms with E-state index in [1.54, 1.807) is 49.4 Å². The molecule has 3 aromatic rings. The monoisotopic (exact) mass is 325 g/mol. The molecule has 0 saturated carbocycles. The van der Waals surface area contributed by atoms with Crippen LogP contribution in [0.15, 0.2) is 46.9 Å². The van der Waals surface area contributed by atoms with Crippen molar-refractivity contribution < 1.29 is 19.1 Å². The molecule has 0 aliphatic heterocycles. The molecule has 0 aliphatic rings. The van der Waals surface area contributed by atoms with Crippen LogP contribution in [0.4, 0.5) is 5.69 Å². The first-order valence-corrected chi connectivity index (χ1v) is 7.77. The summed E-state index contributed by atoms with van der Waals surface area (Å²) in [7, 11) is 0. The van der Waals surface area contributed by atoms with Crippen molar-refractivity contribution in [2.75, 3.05) is 18.9 Å². The van der Waals surface area contributed by atoms with E-state index in [1.807, 2.05) is 0 Å². The van der Waals surface area contributed by atoms with Gasteiger partial charge in [0, 0.05) is 29.7 Å². The fourth-order valence-electron chi connectivity index (χ4n) is 2.62. The van der Waals surface area contributed by atoms with Crippen LogP contribution in [0.2, 0.25) is 0 Å². The zero-order chi connectivity index (χ0) is 17.1. The molecule has 0 unspecified atom stereocenters. The van der Waals surface area contributed by atoms with Crippen molar-refractivity contribution in [3.05, 3.63) is 59.4 Å². The van der Waals surface area contributed by atoms with Gasteiger partial charge in [-0.15, -0.1) is 0 Å². The molecule has 1 aromatic heterocycles. The average molecular weight is 325 g/mol. The highest BCUT2D eigenvalue weighted by Crippen LogP contribution is 2.29. The fraction of sp³-hybridized carbons (Fsp3) is 0.211. The first kappa shape index (κ1) is 16.1. The van der Waals surface area contributed by atoms with E-state index in [-0.39, 0.29) is 12.4 Å². The number of aliphatic hydroxyl groups excluding tert-OH is 1. The lowest BCUT2D eigenvalue weighted by Gasteiger charge is -2.06. The second kappa shape index (κ2) is 6.76. The van der Waals surface area contributed by atoms with E-state index in [2.05, 4.69) is 0 Å². The van der Waals surface area contributed by atoms with Crippen molar-refractivity contribution >= 4 is 22.4 Å². The SMILES string of the molecule is Cc1oc2ccc(N)cc2c1C(=O)c1ccc(OCCCO)cc1. The Labute approximate surface area is 139 Å². The maximum Gasteiger partial charge on any atom is 0.197 e. The molecular formula is C19H19NO4. The van der Waals surface area contributed by atoms with Gasteiger partial charge in [-0.25, -0.2) is 0 Å². The normalized spacial score (nSPS) is 10.9. The Balaban J connectivity index is 1.89. The maximum atomic E-state index is 12.9. The summed E-state index contributed by atoms with van der Waals surface area (Å²) < 4.78 is 11.1. The van der Waals surface area contributed by atoms with Gasteiger partial charge < -0.3 is 20.0 Å². The minimum absolute atomic E-state index is 0.0898. The predicted octanol–water partition coefficient (Wildman–Crippen LogP) is 3.32. The Morgan fingerprint density at radius 2 is 1.96 bits per heavy atom. The summed E-state index contributed by atoms with van der Waals surface area (Å²) in [4.78, 5) is 12.9. The lowest BCUT2D eigenvalue weighted by atomic mass is 10.00. The molecule has 0 bridgehead atoms. The van der Waals surface area contributed by atoms with Crippen molar-refractivity contribution in [2.45, 2.75) is 13.3 Å². The highest BCUT2D eigenvalue weighted by molar-refractivity contribution is 6.17. The van der Waals surface area contributed by atoms with Gasteiger partial charge >= 0.3 is 0 Å². The Kier molecular flexibility index (Phi) is 4.53. The minimum atomic E-state index is -0.112. The van der Waals surface area contributed by atoms with Gasteiger partial charge in [-0.1, -0.05) is 0 Å². The number of hydrogen-bond donors (Lipinski definition) is 2. The number of carbonyl (C=O) groups excluding carboxylic acids is 1. The number of ketones is 1. The quantitative estimate of drug-likeness (QED) is 0.412. The Morgan fingerprint density at radius 3 is 2.67 bits per heavy atom. The molecule has 3 rings (SSSR count). The van der Waals surface area contributed by atoms with E-state index < -0.39 is 0 Å². The summed E-state index contributed by atoms with van der Waals surface area (Å²) in [5, 5.41) is 9.48. The number of benzene rings is 2. The molecule has 0 aliphatic carbocycles. The van der Waals surface area contributed by atoms with Crippen LogP contribution >= 0.6 is 0 Å². The molecule has 3 N–H and O–H groups in total. The summed E-state index contributed by atoms with van der Waals surface area (Å²) in [6.45, 7) is 2.30. The zero-order valence-electron chi connectivity index (χ0n) is 13.4. The molecule has 5 heteroatoms. The van der Waals surface area contributed by atoms with E-state index in [0.29, 0.717) is 46.9 Å². The second-order valence-corrected chi connectivity index (χ2v) is 5.57. The molecule has 5 nitrogen and oxygen atoms in total. The minimum Gasteiger partial charge on any atom is -0.494 e. The Hall–Kier alpha value is -2.79. The largest absolute Gasteiger partial charge is 0.494 e. The second-order valence-electron chi connectivity index (χ2n) is 5.57. The first-order valence-electron chi connectivity index (χ1n) is 7.77. The van der Waals surface area contributed by atoms with Crippen LogP contribution in [0.1, 0.15) is 28.1 Å². The molecular weight excluding hydrogens is 306 g/mol. The van der Waals surface area contributed by atoms with Gasteiger partial charge in [-0.3, -0.25) is 4.79 Å². The lowest BCUT2D eigenvalue weighted by molar-refractivity contribution is 0.103. The smallest absolute Gasteiger partial charge is 0.197 e. The topological polar surface area (TPSA) is 85.7 Å². The van der Waals surface area contributed by atoms with E-state index in [4.69, 9.17) is 20.0 Å². The Bertz CT molecular complexity index is 865. The number of nitrogens with two attached hydrogens (primary N) is 1. The molecule has 24 heavy (non-hydrogen) atoms. The summed E-state index contributed by atoms with van der Waals surface area (Å²) in [6, 6.07) is 12.2. The van der Waals surface area contributed by atoms with E-state index in [0.717, 1.165) is 5.39 Å². The standard InChI is InChI=1S/C19H19NO4/c1-12-18(16-11-14(20)5-8-17(16)24-12)19(22)13-3-6-15(7-4-13)23-10-2-9-21/h3-8,11,21H,2,9-10,20H2,1H3. The Morgan fingerprint density at radius 1 is 1.21 bits per heavy atom.